The van der Waals surface area contributed by atoms with Gasteiger partial charge in [0.1, 0.15) is 19.3 Å². The molecule has 2 unspecified atom stereocenters. The van der Waals surface area contributed by atoms with Gasteiger partial charge >= 0.3 is 39.5 Å². The molecule has 0 fully saturated rings. The van der Waals surface area contributed by atoms with Gasteiger partial charge in [-0.3, -0.25) is 37.3 Å². The van der Waals surface area contributed by atoms with Crippen LogP contribution in [0.15, 0.2) is 0 Å². The fraction of sp³-hybridized carbons (Fsp3) is 0.951. The number of aliphatic hydroxyl groups is 1. The highest BCUT2D eigenvalue weighted by molar-refractivity contribution is 7.47. The molecule has 19 heteroatoms. The molecule has 0 bridgehead atoms. The topological polar surface area (TPSA) is 237 Å². The molecule has 0 aromatic heterocycles. The second-order valence-corrected chi connectivity index (χ2v) is 32.9. The summed E-state index contributed by atoms with van der Waals surface area (Å²) in [5, 5.41) is 10.7. The Labute approximate surface area is 619 Å². The minimum atomic E-state index is -4.96. The Kier molecular flexibility index (Phi) is 73.5. The average Bonchev–Trinajstić information content (AvgIpc) is 0.934. The van der Waals surface area contributed by atoms with Crippen LogP contribution < -0.4 is 0 Å². The molecular formula is C82H160O17P2. The fourth-order valence-corrected chi connectivity index (χ4v) is 14.3. The Balaban J connectivity index is 5.25. The second kappa shape index (κ2) is 74.9. The van der Waals surface area contributed by atoms with E-state index in [0.29, 0.717) is 25.7 Å². The lowest BCUT2D eigenvalue weighted by Gasteiger charge is -2.21. The van der Waals surface area contributed by atoms with Gasteiger partial charge in [-0.05, 0) is 31.6 Å². The summed E-state index contributed by atoms with van der Waals surface area (Å²) in [6, 6.07) is 0. The van der Waals surface area contributed by atoms with E-state index in [0.717, 1.165) is 95.8 Å². The highest BCUT2D eigenvalue weighted by Crippen LogP contribution is 2.45. The van der Waals surface area contributed by atoms with Crippen molar-refractivity contribution >= 4 is 39.5 Å². The minimum absolute atomic E-state index is 0.108. The van der Waals surface area contributed by atoms with Gasteiger partial charge in [-0.15, -0.1) is 0 Å². The zero-order valence-corrected chi connectivity index (χ0v) is 67.8. The average molecular weight is 1480 g/mol. The zero-order valence-electron chi connectivity index (χ0n) is 66.1. The molecule has 17 nitrogen and oxygen atoms in total. The molecule has 0 heterocycles. The van der Waals surface area contributed by atoms with Gasteiger partial charge in [0.25, 0.3) is 0 Å². The first-order valence-corrected chi connectivity index (χ1v) is 45.6. The summed E-state index contributed by atoms with van der Waals surface area (Å²) in [5.41, 5.74) is 0. The van der Waals surface area contributed by atoms with Crippen LogP contribution >= 0.6 is 15.6 Å². The summed E-state index contributed by atoms with van der Waals surface area (Å²) in [7, 11) is -9.92. The van der Waals surface area contributed by atoms with Crippen LogP contribution in [0.2, 0.25) is 0 Å². The lowest BCUT2D eigenvalue weighted by Crippen LogP contribution is -2.30. The summed E-state index contributed by atoms with van der Waals surface area (Å²) in [4.78, 5) is 73.1. The van der Waals surface area contributed by atoms with Crippen molar-refractivity contribution in [3.05, 3.63) is 0 Å². The Morgan fingerprint density at radius 2 is 0.455 bits per heavy atom. The number of aliphatic hydroxyl groups excluding tert-OH is 1. The maximum absolute atomic E-state index is 13.1. The Hall–Kier alpha value is -1.94. The van der Waals surface area contributed by atoms with E-state index >= 15 is 0 Å². The van der Waals surface area contributed by atoms with Crippen LogP contribution in [0.5, 0.6) is 0 Å². The molecule has 5 atom stereocenters. The summed E-state index contributed by atoms with van der Waals surface area (Å²) >= 11 is 0. The van der Waals surface area contributed by atoms with Crippen molar-refractivity contribution in [3.8, 4) is 0 Å². The first-order chi connectivity index (χ1) is 49.0. The van der Waals surface area contributed by atoms with Crippen LogP contribution in [0.25, 0.3) is 0 Å². The molecule has 0 aliphatic heterocycles. The molecule has 3 N–H and O–H groups in total. The number of carbonyl (C=O) groups excluding carboxylic acids is 4. The van der Waals surface area contributed by atoms with E-state index in [1.807, 2.05) is 0 Å². The number of phosphoric ester groups is 2. The van der Waals surface area contributed by atoms with Crippen molar-refractivity contribution < 1.29 is 80.2 Å². The van der Waals surface area contributed by atoms with Crippen LogP contribution in [0, 0.1) is 5.92 Å². The van der Waals surface area contributed by atoms with Gasteiger partial charge < -0.3 is 33.8 Å². The van der Waals surface area contributed by atoms with Crippen molar-refractivity contribution in [2.24, 2.45) is 5.92 Å². The molecular weight excluding hydrogens is 1320 g/mol. The number of hydrogen-bond acceptors (Lipinski definition) is 15. The zero-order chi connectivity index (χ0) is 74.1. The highest BCUT2D eigenvalue weighted by atomic mass is 31.2. The molecule has 0 aliphatic rings. The lowest BCUT2D eigenvalue weighted by atomic mass is 10.0. The largest absolute Gasteiger partial charge is 0.472 e. The molecule has 0 rings (SSSR count). The number of phosphoric acid groups is 2. The lowest BCUT2D eigenvalue weighted by molar-refractivity contribution is -0.161. The third-order valence-electron chi connectivity index (χ3n) is 19.3. The van der Waals surface area contributed by atoms with Gasteiger partial charge in [0.2, 0.25) is 0 Å². The predicted octanol–water partition coefficient (Wildman–Crippen LogP) is 24.8. The predicted molar refractivity (Wildman–Crippen MR) is 414 cm³/mol. The van der Waals surface area contributed by atoms with E-state index in [4.69, 9.17) is 37.0 Å². The van der Waals surface area contributed by atoms with Crippen molar-refractivity contribution in [1.29, 1.82) is 0 Å². The van der Waals surface area contributed by atoms with Crippen molar-refractivity contribution in [3.63, 3.8) is 0 Å². The highest BCUT2D eigenvalue weighted by Gasteiger charge is 2.30. The smallest absolute Gasteiger partial charge is 0.462 e. The molecule has 600 valence electrons. The SMILES string of the molecule is CCCCCCCCCCCCCCCCCCCC(=O)OC[C@H](COP(=O)(O)OC[C@@H](O)COP(=O)(O)OC[C@@H](COC(=O)CCCCCCCCCCCCC)OC(=O)CCCCCCCCCCCCCCCC(C)C)OC(=O)CCCCCCCCCCCCCCCCCCC. The number of carbonyl (C=O) groups is 4. The molecule has 0 amide bonds. The van der Waals surface area contributed by atoms with Crippen LogP contribution in [0.4, 0.5) is 0 Å². The Morgan fingerprint density at radius 3 is 0.673 bits per heavy atom. The number of ether oxygens (including phenoxy) is 4. The summed E-state index contributed by atoms with van der Waals surface area (Å²) in [6.45, 7) is 7.36. The molecule has 0 radical (unpaired) electrons. The quantitative estimate of drug-likeness (QED) is 0.0222. The number of esters is 4. The summed E-state index contributed by atoms with van der Waals surface area (Å²) in [6.07, 6.45) is 66.5. The number of hydrogen-bond donors (Lipinski definition) is 3. The third kappa shape index (κ3) is 76.1. The van der Waals surface area contributed by atoms with Crippen LogP contribution in [0.3, 0.4) is 0 Å². The van der Waals surface area contributed by atoms with Crippen LogP contribution in [-0.2, 0) is 65.4 Å². The van der Waals surface area contributed by atoms with Crippen molar-refractivity contribution in [2.75, 3.05) is 39.6 Å². The standard InChI is InChI=1S/C82H160O17P2/c1-6-9-12-15-18-21-24-26-28-30-32-36-41-46-51-56-61-66-80(85)93-72-78(99-81(86)67-62-57-52-47-42-37-33-31-29-27-25-22-19-16-13-10-7-2)74-97-101(90,91)95-70-76(83)69-94-100(88,89)96-73-77(71-92-79(84)65-60-55-50-45-39-23-20-17-14-11-8-3)98-82(87)68-63-58-53-48-43-38-34-35-40-44-49-54-59-64-75(4)5/h75-78,83H,6-74H2,1-5H3,(H,88,89)(H,90,91)/t76-,77+,78+/m0/s1. The third-order valence-corrected chi connectivity index (χ3v) is 21.2. The van der Waals surface area contributed by atoms with E-state index in [2.05, 4.69) is 34.6 Å². The fourth-order valence-electron chi connectivity index (χ4n) is 12.8. The Morgan fingerprint density at radius 1 is 0.267 bits per heavy atom. The first kappa shape index (κ1) is 99.1. The van der Waals surface area contributed by atoms with E-state index in [1.54, 1.807) is 0 Å². The molecule has 0 spiro atoms. The Bertz CT molecular complexity index is 1930. The summed E-state index contributed by atoms with van der Waals surface area (Å²) < 4.78 is 68.8. The van der Waals surface area contributed by atoms with Gasteiger partial charge in [0, 0.05) is 25.7 Å². The second-order valence-electron chi connectivity index (χ2n) is 30.0. The maximum Gasteiger partial charge on any atom is 0.472 e. The normalized spacial score (nSPS) is 13.8. The van der Waals surface area contributed by atoms with E-state index in [1.165, 1.54) is 263 Å². The summed E-state index contributed by atoms with van der Waals surface area (Å²) in [5.74, 6) is -1.32. The molecule has 0 aliphatic carbocycles. The number of unbranched alkanes of at least 4 members (excludes halogenated alkanes) is 54. The maximum atomic E-state index is 13.1. The van der Waals surface area contributed by atoms with Gasteiger partial charge in [-0.25, -0.2) is 9.13 Å². The monoisotopic (exact) mass is 1480 g/mol. The van der Waals surface area contributed by atoms with Crippen molar-refractivity contribution in [2.45, 2.75) is 457 Å². The van der Waals surface area contributed by atoms with Crippen molar-refractivity contribution in [1.82, 2.24) is 0 Å². The molecule has 0 saturated carbocycles. The molecule has 0 saturated heterocycles. The van der Waals surface area contributed by atoms with Gasteiger partial charge in [0.15, 0.2) is 12.2 Å². The van der Waals surface area contributed by atoms with Gasteiger partial charge in [-0.1, -0.05) is 388 Å². The van der Waals surface area contributed by atoms with E-state index in [-0.39, 0.29) is 25.7 Å². The van der Waals surface area contributed by atoms with E-state index < -0.39 is 97.5 Å². The molecule has 101 heavy (non-hydrogen) atoms. The van der Waals surface area contributed by atoms with Crippen LogP contribution in [-0.4, -0.2) is 96.7 Å². The molecule has 0 aromatic carbocycles. The minimum Gasteiger partial charge on any atom is -0.462 e. The first-order valence-electron chi connectivity index (χ1n) is 42.6. The van der Waals surface area contributed by atoms with Gasteiger partial charge in [0.05, 0.1) is 26.4 Å². The van der Waals surface area contributed by atoms with E-state index in [9.17, 15) is 43.2 Å². The number of rotatable bonds is 82. The molecule has 0 aromatic rings. The van der Waals surface area contributed by atoms with Gasteiger partial charge in [-0.2, -0.15) is 0 Å². The van der Waals surface area contributed by atoms with Crippen LogP contribution in [0.1, 0.15) is 439 Å².